The number of aromatic nitrogens is 5. The highest BCUT2D eigenvalue weighted by molar-refractivity contribution is 7.98. The van der Waals surface area contributed by atoms with Gasteiger partial charge in [-0.2, -0.15) is 0 Å². The number of halogens is 1. The van der Waals surface area contributed by atoms with Crippen LogP contribution < -0.4 is 10.3 Å². The molecule has 5 rings (SSSR count). The van der Waals surface area contributed by atoms with Crippen molar-refractivity contribution in [1.29, 1.82) is 0 Å². The molecule has 9 heteroatoms. The lowest BCUT2D eigenvalue weighted by Gasteiger charge is -2.12. The number of hydrogen-bond acceptors (Lipinski definition) is 6. The molecule has 2 heterocycles. The van der Waals surface area contributed by atoms with Gasteiger partial charge in [0.15, 0.2) is 22.5 Å². The minimum absolute atomic E-state index is 0.0378. The number of rotatable bonds is 7. The molecule has 3 aromatic carbocycles. The fraction of sp³-hybridized carbons (Fsp3) is 0.120. The first-order valence-electron chi connectivity index (χ1n) is 10.6. The van der Waals surface area contributed by atoms with E-state index < -0.39 is 5.82 Å². The number of hydrogen-bond donors (Lipinski definition) is 0. The van der Waals surface area contributed by atoms with Gasteiger partial charge in [0.25, 0.3) is 5.56 Å². The SMILES string of the molecule is Cn1c(CSc2nnc(COc3ccccc3F)n2-c2ccccc2)nc2ccccc2c1=O. The van der Waals surface area contributed by atoms with Gasteiger partial charge in [-0.3, -0.25) is 13.9 Å². The van der Waals surface area contributed by atoms with Crippen molar-refractivity contribution in [3.8, 4) is 11.4 Å². The third kappa shape index (κ3) is 4.29. The molecule has 0 N–H and O–H groups in total. The van der Waals surface area contributed by atoms with Crippen LogP contribution in [0.15, 0.2) is 88.8 Å². The van der Waals surface area contributed by atoms with E-state index in [-0.39, 0.29) is 17.9 Å². The molecule has 0 saturated carbocycles. The molecule has 34 heavy (non-hydrogen) atoms. The van der Waals surface area contributed by atoms with Gasteiger partial charge in [-0.1, -0.05) is 54.2 Å². The third-order valence-electron chi connectivity index (χ3n) is 5.31. The highest BCUT2D eigenvalue weighted by atomic mass is 32.2. The summed E-state index contributed by atoms with van der Waals surface area (Å²) in [5.74, 6) is 1.27. The van der Waals surface area contributed by atoms with Crippen LogP contribution in [0, 0.1) is 5.82 Å². The Morgan fingerprint density at radius 1 is 0.912 bits per heavy atom. The van der Waals surface area contributed by atoms with Gasteiger partial charge in [-0.25, -0.2) is 9.37 Å². The molecule has 0 saturated heterocycles. The van der Waals surface area contributed by atoms with Crippen LogP contribution in [-0.2, 0) is 19.4 Å². The highest BCUT2D eigenvalue weighted by Gasteiger charge is 2.17. The van der Waals surface area contributed by atoms with Crippen LogP contribution in [0.5, 0.6) is 5.75 Å². The molecule has 0 spiro atoms. The average Bonchev–Trinajstić information content (AvgIpc) is 3.28. The molecule has 0 fully saturated rings. The molecule has 0 aliphatic carbocycles. The Morgan fingerprint density at radius 2 is 1.65 bits per heavy atom. The molecule has 5 aromatic rings. The molecule has 0 amide bonds. The molecule has 0 aliphatic rings. The maximum atomic E-state index is 14.0. The zero-order valence-corrected chi connectivity index (χ0v) is 19.1. The minimum Gasteiger partial charge on any atom is -0.483 e. The van der Waals surface area contributed by atoms with Crippen LogP contribution in [0.2, 0.25) is 0 Å². The van der Waals surface area contributed by atoms with Crippen molar-refractivity contribution < 1.29 is 9.13 Å². The van der Waals surface area contributed by atoms with E-state index in [9.17, 15) is 9.18 Å². The molecule has 0 atom stereocenters. The van der Waals surface area contributed by atoms with E-state index in [0.29, 0.717) is 33.5 Å². The van der Waals surface area contributed by atoms with E-state index in [2.05, 4.69) is 15.2 Å². The average molecular weight is 474 g/mol. The number of benzene rings is 3. The highest BCUT2D eigenvalue weighted by Crippen LogP contribution is 2.26. The van der Waals surface area contributed by atoms with Gasteiger partial charge in [0.2, 0.25) is 0 Å². The standard InChI is InChI=1S/C25H20FN5O2S/c1-30-23(27-20-13-7-5-11-18(20)24(30)32)16-34-25-29-28-22(31(25)17-9-3-2-4-10-17)15-33-21-14-8-6-12-19(21)26/h2-14H,15-16H2,1H3. The van der Waals surface area contributed by atoms with Crippen molar-refractivity contribution in [2.75, 3.05) is 0 Å². The van der Waals surface area contributed by atoms with Crippen LogP contribution in [0.4, 0.5) is 4.39 Å². The zero-order chi connectivity index (χ0) is 23.5. The summed E-state index contributed by atoms with van der Waals surface area (Å²) in [6.45, 7) is 0.0378. The molecule has 0 bridgehead atoms. The van der Waals surface area contributed by atoms with Crippen molar-refractivity contribution in [2.45, 2.75) is 17.5 Å². The number of fused-ring (bicyclic) bond motifs is 1. The Bertz CT molecular complexity index is 1520. The third-order valence-corrected chi connectivity index (χ3v) is 6.24. The molecule has 7 nitrogen and oxygen atoms in total. The largest absolute Gasteiger partial charge is 0.483 e. The molecular weight excluding hydrogens is 453 g/mol. The van der Waals surface area contributed by atoms with Gasteiger partial charge in [-0.05, 0) is 36.4 Å². The Hall–Kier alpha value is -3.98. The zero-order valence-electron chi connectivity index (χ0n) is 18.3. The summed E-state index contributed by atoms with van der Waals surface area (Å²) in [7, 11) is 1.72. The van der Waals surface area contributed by atoms with Gasteiger partial charge in [0.05, 0.1) is 16.7 Å². The summed E-state index contributed by atoms with van der Waals surface area (Å²) in [4.78, 5) is 17.4. The van der Waals surface area contributed by atoms with E-state index in [0.717, 1.165) is 5.69 Å². The monoisotopic (exact) mass is 473 g/mol. The van der Waals surface area contributed by atoms with Crippen molar-refractivity contribution in [3.63, 3.8) is 0 Å². The lowest BCUT2D eigenvalue weighted by molar-refractivity contribution is 0.278. The summed E-state index contributed by atoms with van der Waals surface area (Å²) in [5.41, 5.74) is 1.41. The van der Waals surface area contributed by atoms with E-state index >= 15 is 0 Å². The van der Waals surface area contributed by atoms with Crippen molar-refractivity contribution in [3.05, 3.63) is 107 Å². The number of nitrogens with zero attached hydrogens (tertiary/aromatic N) is 5. The summed E-state index contributed by atoms with van der Waals surface area (Å²) in [6, 6.07) is 23.1. The Kier molecular flexibility index (Phi) is 6.09. The summed E-state index contributed by atoms with van der Waals surface area (Å²) in [6.07, 6.45) is 0. The Balaban J connectivity index is 1.45. The first kappa shape index (κ1) is 21.8. The molecule has 0 unspecified atom stereocenters. The van der Waals surface area contributed by atoms with Crippen molar-refractivity contribution >= 4 is 22.7 Å². The lowest BCUT2D eigenvalue weighted by Crippen LogP contribution is -2.22. The second-order valence-corrected chi connectivity index (χ2v) is 8.43. The molecular formula is C25H20FN5O2S. The van der Waals surface area contributed by atoms with E-state index in [1.165, 1.54) is 17.8 Å². The quantitative estimate of drug-likeness (QED) is 0.324. The fourth-order valence-electron chi connectivity index (χ4n) is 3.55. The van der Waals surface area contributed by atoms with E-state index in [4.69, 9.17) is 4.74 Å². The van der Waals surface area contributed by atoms with Crippen molar-refractivity contribution in [1.82, 2.24) is 24.3 Å². The first-order valence-corrected chi connectivity index (χ1v) is 11.5. The summed E-state index contributed by atoms with van der Waals surface area (Å²) < 4.78 is 23.1. The van der Waals surface area contributed by atoms with Gasteiger partial charge in [0.1, 0.15) is 12.4 Å². The van der Waals surface area contributed by atoms with Crippen LogP contribution in [0.1, 0.15) is 11.6 Å². The molecule has 2 aromatic heterocycles. The maximum absolute atomic E-state index is 14.0. The second-order valence-electron chi connectivity index (χ2n) is 7.49. The number of ether oxygens (including phenoxy) is 1. The van der Waals surface area contributed by atoms with Gasteiger partial charge >= 0.3 is 0 Å². The smallest absolute Gasteiger partial charge is 0.261 e. The molecule has 170 valence electrons. The number of thioether (sulfide) groups is 1. The van der Waals surface area contributed by atoms with Gasteiger partial charge in [0, 0.05) is 12.7 Å². The van der Waals surface area contributed by atoms with Crippen molar-refractivity contribution in [2.24, 2.45) is 7.05 Å². The Labute approximate surface area is 198 Å². The fourth-order valence-corrected chi connectivity index (χ4v) is 4.50. The van der Waals surface area contributed by atoms with E-state index in [1.807, 2.05) is 53.1 Å². The van der Waals surface area contributed by atoms with Crippen LogP contribution in [0.3, 0.4) is 0 Å². The van der Waals surface area contributed by atoms with Crippen LogP contribution in [-0.4, -0.2) is 24.3 Å². The minimum atomic E-state index is -0.439. The lowest BCUT2D eigenvalue weighted by atomic mass is 10.2. The van der Waals surface area contributed by atoms with Gasteiger partial charge in [-0.15, -0.1) is 10.2 Å². The molecule has 0 aliphatic heterocycles. The van der Waals surface area contributed by atoms with Crippen LogP contribution in [0.25, 0.3) is 16.6 Å². The maximum Gasteiger partial charge on any atom is 0.261 e. The predicted octanol–water partition coefficient (Wildman–Crippen LogP) is 4.52. The van der Waals surface area contributed by atoms with Gasteiger partial charge < -0.3 is 4.74 Å². The van der Waals surface area contributed by atoms with Crippen LogP contribution >= 0.6 is 11.8 Å². The summed E-state index contributed by atoms with van der Waals surface area (Å²) >= 11 is 1.41. The molecule has 0 radical (unpaired) electrons. The number of para-hydroxylation sites is 3. The first-order chi connectivity index (χ1) is 16.6. The topological polar surface area (TPSA) is 74.8 Å². The van der Waals surface area contributed by atoms with E-state index in [1.54, 1.807) is 35.9 Å². The second kappa shape index (κ2) is 9.48. The predicted molar refractivity (Wildman–Crippen MR) is 129 cm³/mol. The Morgan fingerprint density at radius 3 is 2.47 bits per heavy atom. The normalized spacial score (nSPS) is 11.1. The summed E-state index contributed by atoms with van der Waals surface area (Å²) in [5, 5.41) is 9.83.